The lowest BCUT2D eigenvalue weighted by Crippen LogP contribution is -2.31. The molecule has 0 saturated carbocycles. The third-order valence-corrected chi connectivity index (χ3v) is 3.61. The summed E-state index contributed by atoms with van der Waals surface area (Å²) < 4.78 is 15.9. The fourth-order valence-electron chi connectivity index (χ4n) is 2.29. The second-order valence-electron chi connectivity index (χ2n) is 5.69. The molecule has 0 spiro atoms. The summed E-state index contributed by atoms with van der Waals surface area (Å²) in [6.45, 7) is 3.09. The fourth-order valence-corrected chi connectivity index (χ4v) is 2.29. The Kier molecular flexibility index (Phi) is 7.43. The minimum atomic E-state index is -0.944. The van der Waals surface area contributed by atoms with Crippen molar-refractivity contribution < 1.29 is 23.8 Å². The number of ether oxygens (including phenoxy) is 3. The van der Waals surface area contributed by atoms with Gasteiger partial charge in [-0.25, -0.2) is 4.79 Å². The molecular weight excluding hydrogens is 346 g/mol. The number of para-hydroxylation sites is 1. The Hall–Kier alpha value is -3.28. The van der Waals surface area contributed by atoms with Gasteiger partial charge in [-0.2, -0.15) is 0 Å². The number of benzene rings is 2. The lowest BCUT2D eigenvalue weighted by atomic mass is 10.2. The number of esters is 1. The summed E-state index contributed by atoms with van der Waals surface area (Å²) in [5, 5.41) is 2.67. The summed E-state index contributed by atoms with van der Waals surface area (Å²) >= 11 is 0. The summed E-state index contributed by atoms with van der Waals surface area (Å²) in [4.78, 5) is 24.0. The number of carbonyl (C=O) groups is 2. The summed E-state index contributed by atoms with van der Waals surface area (Å²) in [5.74, 6) is -0.134. The number of amides is 1. The Morgan fingerprint density at radius 1 is 1.11 bits per heavy atom. The van der Waals surface area contributed by atoms with Gasteiger partial charge in [-0.1, -0.05) is 36.4 Å². The second kappa shape index (κ2) is 10.0. The molecule has 142 valence electrons. The van der Waals surface area contributed by atoms with Crippen molar-refractivity contribution >= 4 is 23.6 Å². The van der Waals surface area contributed by atoms with Crippen LogP contribution in [0.4, 0.5) is 5.69 Å². The van der Waals surface area contributed by atoms with E-state index in [9.17, 15) is 9.59 Å². The van der Waals surface area contributed by atoms with Gasteiger partial charge in [-0.15, -0.1) is 0 Å². The molecule has 6 nitrogen and oxygen atoms in total. The van der Waals surface area contributed by atoms with Gasteiger partial charge in [0.2, 0.25) is 0 Å². The number of rotatable bonds is 8. The van der Waals surface area contributed by atoms with E-state index in [1.54, 1.807) is 36.4 Å². The van der Waals surface area contributed by atoms with Crippen LogP contribution in [0.3, 0.4) is 0 Å². The average molecular weight is 369 g/mol. The molecule has 2 aromatic carbocycles. The SMILES string of the molecule is C/C=C/c1ccc(OCC(=O)OC(C)C(=O)Nc2ccccc2)c(OC)c1. The molecule has 0 heterocycles. The Morgan fingerprint density at radius 3 is 2.52 bits per heavy atom. The van der Waals surface area contributed by atoms with E-state index in [2.05, 4.69) is 5.32 Å². The number of carbonyl (C=O) groups excluding carboxylic acids is 2. The molecular formula is C21H23NO5. The molecule has 0 saturated heterocycles. The quantitative estimate of drug-likeness (QED) is 0.719. The Labute approximate surface area is 158 Å². The summed E-state index contributed by atoms with van der Waals surface area (Å²) in [5.41, 5.74) is 1.59. The summed E-state index contributed by atoms with van der Waals surface area (Å²) in [6.07, 6.45) is 2.89. The molecule has 27 heavy (non-hydrogen) atoms. The zero-order valence-electron chi connectivity index (χ0n) is 15.6. The van der Waals surface area contributed by atoms with E-state index >= 15 is 0 Å². The highest BCUT2D eigenvalue weighted by molar-refractivity contribution is 5.95. The smallest absolute Gasteiger partial charge is 0.344 e. The van der Waals surface area contributed by atoms with E-state index in [1.807, 2.05) is 31.2 Å². The Balaban J connectivity index is 1.87. The first kappa shape index (κ1) is 20.0. The lowest BCUT2D eigenvalue weighted by molar-refractivity contribution is -0.155. The number of hydrogen-bond acceptors (Lipinski definition) is 5. The van der Waals surface area contributed by atoms with Crippen LogP contribution in [0, 0.1) is 0 Å². The molecule has 0 bridgehead atoms. The van der Waals surface area contributed by atoms with Gasteiger partial charge < -0.3 is 19.5 Å². The Morgan fingerprint density at radius 2 is 1.85 bits per heavy atom. The van der Waals surface area contributed by atoms with Crippen LogP contribution in [-0.2, 0) is 14.3 Å². The minimum absolute atomic E-state index is 0.331. The summed E-state index contributed by atoms with van der Waals surface area (Å²) in [7, 11) is 1.52. The monoisotopic (exact) mass is 369 g/mol. The fraction of sp³-hybridized carbons (Fsp3) is 0.238. The average Bonchev–Trinajstić information content (AvgIpc) is 2.67. The summed E-state index contributed by atoms with van der Waals surface area (Å²) in [6, 6.07) is 14.3. The topological polar surface area (TPSA) is 73.9 Å². The van der Waals surface area contributed by atoms with Crippen molar-refractivity contribution in [2.45, 2.75) is 20.0 Å². The zero-order chi connectivity index (χ0) is 19.6. The van der Waals surface area contributed by atoms with Crippen LogP contribution in [0.25, 0.3) is 6.08 Å². The van der Waals surface area contributed by atoms with Gasteiger partial charge in [-0.3, -0.25) is 4.79 Å². The first-order valence-electron chi connectivity index (χ1n) is 8.52. The molecule has 0 aromatic heterocycles. The van der Waals surface area contributed by atoms with Crippen LogP contribution in [0.5, 0.6) is 11.5 Å². The van der Waals surface area contributed by atoms with E-state index in [-0.39, 0.29) is 6.61 Å². The molecule has 1 N–H and O–H groups in total. The van der Waals surface area contributed by atoms with E-state index in [0.717, 1.165) is 5.56 Å². The van der Waals surface area contributed by atoms with Gasteiger partial charge >= 0.3 is 5.97 Å². The number of anilines is 1. The number of methoxy groups -OCH3 is 1. The second-order valence-corrected chi connectivity index (χ2v) is 5.69. The van der Waals surface area contributed by atoms with Crippen molar-refractivity contribution in [2.75, 3.05) is 19.0 Å². The van der Waals surface area contributed by atoms with Gasteiger partial charge in [0.1, 0.15) is 0 Å². The van der Waals surface area contributed by atoms with Gasteiger partial charge in [0.25, 0.3) is 5.91 Å². The van der Waals surface area contributed by atoms with Crippen molar-refractivity contribution in [3.63, 3.8) is 0 Å². The van der Waals surface area contributed by atoms with Crippen molar-refractivity contribution in [3.8, 4) is 11.5 Å². The lowest BCUT2D eigenvalue weighted by Gasteiger charge is -2.15. The third kappa shape index (κ3) is 6.18. The number of allylic oxidation sites excluding steroid dienone is 1. The van der Waals surface area contributed by atoms with Crippen LogP contribution >= 0.6 is 0 Å². The number of nitrogens with one attached hydrogen (secondary N) is 1. The molecule has 0 radical (unpaired) electrons. The van der Waals surface area contributed by atoms with Crippen molar-refractivity contribution in [3.05, 3.63) is 60.2 Å². The molecule has 0 fully saturated rings. The van der Waals surface area contributed by atoms with Crippen LogP contribution in [0.1, 0.15) is 19.4 Å². The zero-order valence-corrected chi connectivity index (χ0v) is 15.6. The van der Waals surface area contributed by atoms with Crippen LogP contribution < -0.4 is 14.8 Å². The number of hydrogen-bond donors (Lipinski definition) is 1. The molecule has 2 rings (SSSR count). The van der Waals surface area contributed by atoms with Gasteiger partial charge in [0.15, 0.2) is 24.2 Å². The van der Waals surface area contributed by atoms with E-state index in [4.69, 9.17) is 14.2 Å². The molecule has 1 amide bonds. The van der Waals surface area contributed by atoms with E-state index in [1.165, 1.54) is 14.0 Å². The van der Waals surface area contributed by atoms with Gasteiger partial charge in [0, 0.05) is 5.69 Å². The molecule has 0 aliphatic carbocycles. The predicted octanol–water partition coefficient (Wildman–Crippen LogP) is 3.68. The molecule has 2 aromatic rings. The maximum Gasteiger partial charge on any atom is 0.344 e. The molecule has 6 heteroatoms. The van der Waals surface area contributed by atoms with E-state index < -0.39 is 18.0 Å². The molecule has 0 aliphatic heterocycles. The van der Waals surface area contributed by atoms with Crippen LogP contribution in [0.15, 0.2) is 54.6 Å². The first-order chi connectivity index (χ1) is 13.0. The highest BCUT2D eigenvalue weighted by Crippen LogP contribution is 2.28. The van der Waals surface area contributed by atoms with Crippen molar-refractivity contribution in [2.24, 2.45) is 0 Å². The first-order valence-corrected chi connectivity index (χ1v) is 8.52. The van der Waals surface area contributed by atoms with E-state index in [0.29, 0.717) is 17.2 Å². The van der Waals surface area contributed by atoms with Crippen LogP contribution in [0.2, 0.25) is 0 Å². The minimum Gasteiger partial charge on any atom is -0.493 e. The van der Waals surface area contributed by atoms with Crippen molar-refractivity contribution in [1.29, 1.82) is 0 Å². The standard InChI is InChI=1S/C21H23NO5/c1-4-8-16-11-12-18(19(13-16)25-3)26-14-20(23)27-15(2)21(24)22-17-9-6-5-7-10-17/h4-13,15H,14H2,1-3H3,(H,22,24)/b8-4+. The molecule has 1 unspecified atom stereocenters. The highest BCUT2D eigenvalue weighted by Gasteiger charge is 2.18. The largest absolute Gasteiger partial charge is 0.493 e. The van der Waals surface area contributed by atoms with Crippen molar-refractivity contribution in [1.82, 2.24) is 0 Å². The van der Waals surface area contributed by atoms with Gasteiger partial charge in [0.05, 0.1) is 7.11 Å². The van der Waals surface area contributed by atoms with Gasteiger partial charge in [-0.05, 0) is 43.7 Å². The Bertz CT molecular complexity index is 801. The third-order valence-electron chi connectivity index (χ3n) is 3.61. The maximum atomic E-state index is 12.1. The highest BCUT2D eigenvalue weighted by atomic mass is 16.6. The normalized spacial score (nSPS) is 11.7. The van der Waals surface area contributed by atoms with Crippen LogP contribution in [-0.4, -0.2) is 31.7 Å². The predicted molar refractivity (Wildman–Crippen MR) is 104 cm³/mol. The maximum absolute atomic E-state index is 12.1. The molecule has 1 atom stereocenters. The molecule has 0 aliphatic rings.